The van der Waals surface area contributed by atoms with Gasteiger partial charge in [-0.2, -0.15) is 0 Å². The highest BCUT2D eigenvalue weighted by Gasteiger charge is 2.44. The van der Waals surface area contributed by atoms with Gasteiger partial charge in [0.05, 0.1) is 87.8 Å². The number of carbonyl (C=O) groups excluding carboxylic acids is 8. The smallest absolute Gasteiger partial charge is 0.410 e. The number of carbonyl (C=O) groups is 9. The number of carboxylic acids is 1. The number of likely N-dealkylation sites (tertiary alicyclic amines) is 4. The number of alkyl carbamates (subject to hydrolysis) is 4. The van der Waals surface area contributed by atoms with Crippen LogP contribution in [0.5, 0.6) is 11.5 Å². The summed E-state index contributed by atoms with van der Waals surface area (Å²) in [5.74, 6) is 1.28. The SMILES string of the molecule is COC(=O)N[C@@H](C(=O)O)c1ccccc1.COC(=O)N[C@H](C(=O)N1CCC[C@H]1c1ncc(-c2ccc3c(c2)COc2cc4c5c(ccc4cc2-3)N=C([C@@H]2CCCN2C(=O)OC(C)(C)C)C5)[nH]1)C(C)C.COC(=O)N[C@H](C(=O)N1CCC[C@H]1c1ncc(-c2ccc3c(c2)COc2cc4c5c(ccc4cc2-3)N=C([C@@H]2CCCN2C(=O)[C@H](NC(=O)OC)c2ccccc2)C5)[nH]1)C(C)C. The van der Waals surface area contributed by atoms with Crippen LogP contribution in [0.3, 0.4) is 0 Å². The summed E-state index contributed by atoms with van der Waals surface area (Å²) in [6.45, 7) is 16.6. The van der Waals surface area contributed by atoms with Crippen LogP contribution in [0.1, 0.15) is 169 Å². The van der Waals surface area contributed by atoms with Gasteiger partial charge in [-0.1, -0.05) is 125 Å². The molecule has 0 bridgehead atoms. The Labute approximate surface area is 752 Å². The van der Waals surface area contributed by atoms with Crippen molar-refractivity contribution in [2.45, 2.75) is 180 Å². The Morgan fingerprint density at radius 1 is 0.454 bits per heavy atom. The van der Waals surface area contributed by atoms with Crippen LogP contribution >= 0.6 is 0 Å². The molecule has 0 aliphatic carbocycles. The standard InChI is InChI=1S/C47H49N7O7.C42H48N6O6.C10H11NO4/c1-26(2)41(51-46(57)59-3)44(55)54-19-9-13-39(54)43-48-24-37(50-43)29-14-16-31-30(20-29)25-61-40-23-32-28(21-34(31)40)15-17-35-33(32)22-36(49-35)38-12-8-18-53(38)45(56)42(52-47(58)60-4)27-10-6-5-7-11-27;1-23(2)37(46-40(50)52-6)39(49)47-15-8-10-35(47)38-43-21-33(45-38)25-11-13-27-26(17-25)22-53-36-20-28-24(18-30(27)36)12-14-31-29(28)19-32(44-31)34-9-7-16-48(34)41(51)54-42(3,4)5;1-15-10(14)11-8(9(12)13)7-5-3-2-4-6-7/h5-7,10-11,14-17,20-21,23-24,26,38-39,41-42H,8-9,12-13,18-19,22,25H2,1-4H3,(H,48,50)(H,51,57)(H,52,58);11-14,17-18,20-21,23,34-35,37H,7-10,15-16,19,22H2,1-6H3,(H,43,45)(H,46,50);2-6,8H,1H3,(H,11,14)(H,12,13)/t38-,39-,41-,42+;34-,35-,37-;8-/m001/s1. The highest BCUT2D eigenvalue weighted by atomic mass is 16.6. The topological polar surface area (TPSA) is 382 Å². The predicted molar refractivity (Wildman–Crippen MR) is 488 cm³/mol. The highest BCUT2D eigenvalue weighted by Crippen LogP contribution is 2.49. The first kappa shape index (κ1) is 89.3. The molecule has 8 atom stereocenters. The number of aromatic nitrogens is 4. The minimum absolute atomic E-state index is 0.0599. The fourth-order valence-corrected chi connectivity index (χ4v) is 18.9. The molecule has 130 heavy (non-hydrogen) atoms. The molecule has 8 aromatic carbocycles. The van der Waals surface area contributed by atoms with Gasteiger partial charge in [-0.05, 0) is 210 Å². The first-order valence-electron chi connectivity index (χ1n) is 44.2. The van der Waals surface area contributed by atoms with Gasteiger partial charge in [0, 0.05) is 61.6 Å². The number of ether oxygens (including phenoxy) is 7. The van der Waals surface area contributed by atoms with Crippen molar-refractivity contribution in [2.24, 2.45) is 21.8 Å². The highest BCUT2D eigenvalue weighted by molar-refractivity contribution is 6.08. The van der Waals surface area contributed by atoms with Crippen molar-refractivity contribution in [1.82, 2.24) is 60.8 Å². The molecule has 10 heterocycles. The molecule has 0 saturated carbocycles. The number of H-pyrrole nitrogens is 2. The van der Waals surface area contributed by atoms with Crippen LogP contribution in [-0.2, 0) is 68.9 Å². The van der Waals surface area contributed by atoms with E-state index in [4.69, 9.17) is 53.5 Å². The number of methoxy groups -OCH3 is 4. The second-order valence-electron chi connectivity index (χ2n) is 35.4. The van der Waals surface area contributed by atoms with Gasteiger partial charge in [0.2, 0.25) is 17.7 Å². The average molecular weight is 1770 g/mol. The Kier molecular flexibility index (Phi) is 26.1. The van der Waals surface area contributed by atoms with Gasteiger partial charge in [0.1, 0.15) is 60.1 Å². The normalized spacial score (nSPS) is 18.3. The molecule has 31 heteroatoms. The van der Waals surface area contributed by atoms with Crippen LogP contribution in [-0.4, -0.2) is 195 Å². The fourth-order valence-electron chi connectivity index (χ4n) is 18.9. The fraction of sp³-hybridized carbons (Fsp3) is 0.384. The number of nitrogens with zero attached hydrogens (tertiary/aromatic N) is 8. The molecule has 0 unspecified atom stereocenters. The lowest BCUT2D eigenvalue weighted by molar-refractivity contribution is -0.139. The van der Waals surface area contributed by atoms with Crippen LogP contribution in [0.4, 0.5) is 35.3 Å². The summed E-state index contributed by atoms with van der Waals surface area (Å²) in [6.07, 6.45) is 8.68. The van der Waals surface area contributed by atoms with E-state index in [9.17, 15) is 43.2 Å². The van der Waals surface area contributed by atoms with Crippen molar-refractivity contribution < 1.29 is 81.4 Å². The third-order valence-electron chi connectivity index (χ3n) is 25.4. The number of aliphatic carboxylic acids is 1. The number of aliphatic imine (C=N–C) groups is 2. The number of rotatable bonds is 18. The lowest BCUT2D eigenvalue weighted by Gasteiger charge is -2.30. The van der Waals surface area contributed by atoms with Gasteiger partial charge < -0.3 is 84.2 Å². The number of hydrogen-bond acceptors (Lipinski definition) is 20. The van der Waals surface area contributed by atoms with Crippen LogP contribution < -0.4 is 30.7 Å². The van der Waals surface area contributed by atoms with Gasteiger partial charge >= 0.3 is 36.4 Å². The van der Waals surface area contributed by atoms with E-state index in [2.05, 4.69) is 121 Å². The number of carboxylic acid groups (broad SMARTS) is 1. The number of hydrogen-bond donors (Lipinski definition) is 7. The van der Waals surface area contributed by atoms with Gasteiger partial charge in [-0.15, -0.1) is 0 Å². The van der Waals surface area contributed by atoms with E-state index in [1.165, 1.54) is 34.0 Å². The number of nitrogens with one attached hydrogen (secondary N) is 6. The average Bonchev–Trinajstić information content (AvgIpc) is 1.55. The summed E-state index contributed by atoms with van der Waals surface area (Å²) in [6, 6.07) is 43.4. The molecule has 7 N–H and O–H groups in total. The summed E-state index contributed by atoms with van der Waals surface area (Å²) >= 11 is 0. The Morgan fingerprint density at radius 2 is 0.846 bits per heavy atom. The third kappa shape index (κ3) is 18.7. The molecule has 8 aliphatic heterocycles. The molecule has 676 valence electrons. The number of fused-ring (bicyclic) bond motifs is 12. The minimum atomic E-state index is -1.13. The van der Waals surface area contributed by atoms with Gasteiger partial charge in [-0.3, -0.25) is 29.3 Å². The maximum atomic E-state index is 14.1. The van der Waals surface area contributed by atoms with Crippen LogP contribution in [0.25, 0.3) is 66.3 Å². The largest absolute Gasteiger partial charge is 0.488 e. The van der Waals surface area contributed by atoms with Gasteiger partial charge in [-0.25, -0.2) is 38.7 Å². The lowest BCUT2D eigenvalue weighted by Crippen LogP contribution is -2.51. The molecular formula is C99H108N14O17. The zero-order chi connectivity index (χ0) is 91.5. The quantitative estimate of drug-likeness (QED) is 0.0392. The van der Waals surface area contributed by atoms with Crippen molar-refractivity contribution in [3.63, 3.8) is 0 Å². The summed E-state index contributed by atoms with van der Waals surface area (Å²) in [5.41, 5.74) is 16.8. The minimum Gasteiger partial charge on any atom is -0.488 e. The zero-order valence-corrected chi connectivity index (χ0v) is 74.7. The van der Waals surface area contributed by atoms with Gasteiger partial charge in [0.25, 0.3) is 0 Å². The summed E-state index contributed by atoms with van der Waals surface area (Å²) < 4.78 is 37.4. The second kappa shape index (κ2) is 38.0. The van der Waals surface area contributed by atoms with Crippen LogP contribution in [0.15, 0.2) is 168 Å². The van der Waals surface area contributed by atoms with Crippen LogP contribution in [0.2, 0.25) is 0 Å². The molecule has 4 saturated heterocycles. The molecule has 4 fully saturated rings. The molecule has 0 radical (unpaired) electrons. The Bertz CT molecular complexity index is 6100. The van der Waals surface area contributed by atoms with E-state index in [0.29, 0.717) is 69.2 Å². The van der Waals surface area contributed by atoms with Crippen molar-refractivity contribution in [2.75, 3.05) is 54.6 Å². The zero-order valence-electron chi connectivity index (χ0n) is 74.7. The van der Waals surface area contributed by atoms with E-state index >= 15 is 0 Å². The summed E-state index contributed by atoms with van der Waals surface area (Å²) in [7, 11) is 5.06. The van der Waals surface area contributed by atoms with Crippen molar-refractivity contribution >= 4 is 98.5 Å². The summed E-state index contributed by atoms with van der Waals surface area (Å²) in [5, 5.41) is 23.7. The Hall–Kier alpha value is -14.1. The first-order chi connectivity index (χ1) is 62.6. The molecule has 31 nitrogen and oxygen atoms in total. The number of aromatic amines is 2. The monoisotopic (exact) mass is 1760 g/mol. The van der Waals surface area contributed by atoms with E-state index in [1.807, 2.05) is 111 Å². The van der Waals surface area contributed by atoms with Crippen molar-refractivity contribution in [3.8, 4) is 56.3 Å². The van der Waals surface area contributed by atoms with Crippen molar-refractivity contribution in [3.05, 3.63) is 203 Å². The van der Waals surface area contributed by atoms with E-state index in [1.54, 1.807) is 30.3 Å². The van der Waals surface area contributed by atoms with E-state index in [-0.39, 0.29) is 59.8 Å². The summed E-state index contributed by atoms with van der Waals surface area (Å²) in [4.78, 5) is 147. The molecule has 8 aliphatic rings. The van der Waals surface area contributed by atoms with E-state index < -0.39 is 60.1 Å². The second-order valence-corrected chi connectivity index (χ2v) is 35.4. The Balaban J connectivity index is 0.000000165. The number of imidazole rings is 2. The molecule has 18 rings (SSSR count). The number of benzene rings is 8. The molecule has 2 aromatic heterocycles. The molecule has 0 spiro atoms. The molecule has 8 amide bonds. The van der Waals surface area contributed by atoms with Gasteiger partial charge in [0.15, 0.2) is 6.04 Å². The molecular weight excluding hydrogens is 1660 g/mol. The Morgan fingerprint density at radius 3 is 1.26 bits per heavy atom. The maximum absolute atomic E-state index is 14.1. The number of amides is 8. The lowest BCUT2D eigenvalue weighted by atomic mass is 9.90. The molecule has 10 aromatic rings. The van der Waals surface area contributed by atoms with Crippen LogP contribution in [0, 0.1) is 11.8 Å². The van der Waals surface area contributed by atoms with Crippen molar-refractivity contribution in [1.29, 1.82) is 0 Å². The third-order valence-corrected chi connectivity index (χ3v) is 25.4. The predicted octanol–water partition coefficient (Wildman–Crippen LogP) is 16.6. The maximum Gasteiger partial charge on any atom is 0.410 e. The van der Waals surface area contributed by atoms with E-state index in [0.717, 1.165) is 174 Å². The first-order valence-corrected chi connectivity index (χ1v) is 44.2.